The Morgan fingerprint density at radius 2 is 1.04 bits per heavy atom. The van der Waals surface area contributed by atoms with Crippen molar-refractivity contribution in [1.82, 2.24) is 4.90 Å². The quantitative estimate of drug-likeness (QED) is 0.647. The van der Waals surface area contributed by atoms with Gasteiger partial charge in [-0.05, 0) is 36.2 Å². The van der Waals surface area contributed by atoms with Gasteiger partial charge in [-0.3, -0.25) is 0 Å². The first-order valence-electron chi connectivity index (χ1n) is 8.57. The van der Waals surface area contributed by atoms with E-state index in [4.69, 9.17) is 9.47 Å². The average molecular weight is 361 g/mol. The Hall–Kier alpha value is -3.60. The average Bonchev–Trinajstić information content (AvgIpc) is 2.70. The second kappa shape index (κ2) is 9.20. The minimum Gasteiger partial charge on any atom is -0.410 e. The second-order valence-corrected chi connectivity index (χ2v) is 5.75. The number of carbonyl (C=O) groups is 2. The van der Waals surface area contributed by atoms with Crippen molar-refractivity contribution in [2.75, 3.05) is 6.54 Å². The van der Waals surface area contributed by atoms with Crippen LogP contribution < -0.4 is 9.47 Å². The molecule has 0 fully saturated rings. The van der Waals surface area contributed by atoms with Crippen molar-refractivity contribution in [1.29, 1.82) is 0 Å². The molecule has 3 rings (SSSR count). The summed E-state index contributed by atoms with van der Waals surface area (Å²) in [5, 5.41) is 0. The van der Waals surface area contributed by atoms with E-state index in [1.165, 1.54) is 0 Å². The van der Waals surface area contributed by atoms with Crippen LogP contribution in [0.2, 0.25) is 0 Å². The Kier molecular flexibility index (Phi) is 6.20. The summed E-state index contributed by atoms with van der Waals surface area (Å²) in [5.41, 5.74) is 1.00. The van der Waals surface area contributed by atoms with Gasteiger partial charge in [-0.1, -0.05) is 66.7 Å². The van der Waals surface area contributed by atoms with Gasteiger partial charge in [-0.25, -0.2) is 14.5 Å². The zero-order valence-electron chi connectivity index (χ0n) is 14.7. The van der Waals surface area contributed by atoms with Crippen LogP contribution in [0.15, 0.2) is 91.0 Å². The van der Waals surface area contributed by atoms with Gasteiger partial charge in [-0.15, -0.1) is 0 Å². The van der Waals surface area contributed by atoms with Gasteiger partial charge in [0.25, 0.3) is 0 Å². The number of hydrogen-bond donors (Lipinski definition) is 0. The summed E-state index contributed by atoms with van der Waals surface area (Å²) in [5.74, 6) is 0.722. The van der Waals surface area contributed by atoms with Crippen molar-refractivity contribution in [3.8, 4) is 11.5 Å². The third-order valence-electron chi connectivity index (χ3n) is 3.80. The minimum absolute atomic E-state index is 0.140. The summed E-state index contributed by atoms with van der Waals surface area (Å²) in [6.45, 7) is 0.140. The predicted octanol–water partition coefficient (Wildman–Crippen LogP) is 4.93. The van der Waals surface area contributed by atoms with Crippen LogP contribution in [-0.4, -0.2) is 23.6 Å². The minimum atomic E-state index is -0.780. The van der Waals surface area contributed by atoms with E-state index in [0.29, 0.717) is 17.9 Å². The predicted molar refractivity (Wildman–Crippen MR) is 102 cm³/mol. The first-order chi connectivity index (χ1) is 13.2. The molecule has 0 radical (unpaired) electrons. The van der Waals surface area contributed by atoms with Gasteiger partial charge < -0.3 is 9.47 Å². The van der Waals surface area contributed by atoms with E-state index in [2.05, 4.69) is 0 Å². The number of nitrogens with zero attached hydrogens (tertiary/aromatic N) is 1. The molecule has 27 heavy (non-hydrogen) atoms. The summed E-state index contributed by atoms with van der Waals surface area (Å²) in [6, 6.07) is 26.8. The molecule has 0 N–H and O–H groups in total. The Balaban J connectivity index is 1.72. The monoisotopic (exact) mass is 361 g/mol. The normalized spacial score (nSPS) is 10.1. The maximum absolute atomic E-state index is 12.6. The molecule has 2 amide bonds. The molecule has 0 aliphatic carbocycles. The summed E-state index contributed by atoms with van der Waals surface area (Å²) < 4.78 is 10.6. The van der Waals surface area contributed by atoms with Gasteiger partial charge in [0.2, 0.25) is 0 Å². The van der Waals surface area contributed by atoms with Crippen molar-refractivity contribution < 1.29 is 19.1 Å². The van der Waals surface area contributed by atoms with Crippen molar-refractivity contribution >= 4 is 12.2 Å². The van der Waals surface area contributed by atoms with Crippen molar-refractivity contribution in [2.24, 2.45) is 0 Å². The van der Waals surface area contributed by atoms with E-state index in [-0.39, 0.29) is 6.54 Å². The van der Waals surface area contributed by atoms with Crippen molar-refractivity contribution in [2.45, 2.75) is 6.42 Å². The van der Waals surface area contributed by atoms with E-state index in [0.717, 1.165) is 10.5 Å². The lowest BCUT2D eigenvalue weighted by Crippen LogP contribution is -2.42. The molecular weight excluding hydrogens is 342 g/mol. The van der Waals surface area contributed by atoms with Crippen LogP contribution in [0.25, 0.3) is 0 Å². The highest BCUT2D eigenvalue weighted by atomic mass is 16.6. The number of rotatable bonds is 5. The van der Waals surface area contributed by atoms with Crippen LogP contribution in [0.5, 0.6) is 11.5 Å². The number of ether oxygens (including phenoxy) is 2. The second-order valence-electron chi connectivity index (χ2n) is 5.75. The first-order valence-corrected chi connectivity index (χ1v) is 8.57. The third-order valence-corrected chi connectivity index (χ3v) is 3.80. The Bertz CT molecular complexity index is 813. The maximum atomic E-state index is 12.6. The molecule has 0 saturated carbocycles. The van der Waals surface area contributed by atoms with Gasteiger partial charge in [0.1, 0.15) is 11.5 Å². The molecule has 0 aromatic heterocycles. The Morgan fingerprint density at radius 1 is 0.630 bits per heavy atom. The largest absolute Gasteiger partial charge is 0.424 e. The highest BCUT2D eigenvalue weighted by Gasteiger charge is 2.25. The lowest BCUT2D eigenvalue weighted by Gasteiger charge is -2.19. The fourth-order valence-electron chi connectivity index (χ4n) is 2.43. The summed E-state index contributed by atoms with van der Waals surface area (Å²) in [7, 11) is 0. The van der Waals surface area contributed by atoms with Gasteiger partial charge in [0.15, 0.2) is 0 Å². The van der Waals surface area contributed by atoms with E-state index >= 15 is 0 Å². The highest BCUT2D eigenvalue weighted by Crippen LogP contribution is 2.14. The zero-order chi connectivity index (χ0) is 18.9. The van der Waals surface area contributed by atoms with Crippen LogP contribution in [0.3, 0.4) is 0 Å². The Morgan fingerprint density at radius 3 is 1.48 bits per heavy atom. The van der Waals surface area contributed by atoms with Crippen molar-refractivity contribution in [3.63, 3.8) is 0 Å². The standard InChI is InChI=1S/C22H19NO4/c24-21(26-19-12-6-2-7-13-19)23(17-16-18-10-4-1-5-11-18)22(25)27-20-14-8-3-9-15-20/h1-15H,16-17H2. The smallest absolute Gasteiger partial charge is 0.410 e. The fraction of sp³-hybridized carbons (Fsp3) is 0.0909. The number of carbonyl (C=O) groups excluding carboxylic acids is 2. The van der Waals surface area contributed by atoms with Gasteiger partial charge in [0.05, 0.1) is 0 Å². The SMILES string of the molecule is O=C(Oc1ccccc1)N(CCc1ccccc1)C(=O)Oc1ccccc1. The third kappa shape index (κ3) is 5.44. The van der Waals surface area contributed by atoms with Gasteiger partial charge in [-0.2, -0.15) is 0 Å². The number of hydrogen-bond acceptors (Lipinski definition) is 4. The molecule has 5 heteroatoms. The molecule has 136 valence electrons. The summed E-state index contributed by atoms with van der Waals surface area (Å²) in [6.07, 6.45) is -1.06. The molecule has 3 aromatic carbocycles. The molecule has 0 atom stereocenters. The summed E-state index contributed by atoms with van der Waals surface area (Å²) in [4.78, 5) is 26.1. The zero-order valence-corrected chi connectivity index (χ0v) is 14.7. The molecule has 0 saturated heterocycles. The van der Waals surface area contributed by atoms with Crippen LogP contribution in [0.1, 0.15) is 5.56 Å². The molecule has 5 nitrogen and oxygen atoms in total. The molecule has 0 bridgehead atoms. The van der Waals surface area contributed by atoms with E-state index in [1.54, 1.807) is 48.5 Å². The molecule has 0 aliphatic heterocycles. The van der Waals surface area contributed by atoms with Gasteiger partial charge in [0, 0.05) is 6.54 Å². The van der Waals surface area contributed by atoms with Crippen LogP contribution in [0.4, 0.5) is 9.59 Å². The molecule has 0 spiro atoms. The Labute approximate surface area is 157 Å². The molecule has 0 unspecified atom stereocenters. The van der Waals surface area contributed by atoms with E-state index in [1.807, 2.05) is 42.5 Å². The molecular formula is C22H19NO4. The van der Waals surface area contributed by atoms with E-state index < -0.39 is 12.2 Å². The topological polar surface area (TPSA) is 55.8 Å². The van der Waals surface area contributed by atoms with Crippen LogP contribution in [0, 0.1) is 0 Å². The number of imide groups is 1. The first kappa shape index (κ1) is 18.2. The number of benzene rings is 3. The van der Waals surface area contributed by atoms with Crippen LogP contribution >= 0.6 is 0 Å². The van der Waals surface area contributed by atoms with E-state index in [9.17, 15) is 9.59 Å². The number of para-hydroxylation sites is 2. The van der Waals surface area contributed by atoms with Crippen molar-refractivity contribution in [3.05, 3.63) is 96.6 Å². The lowest BCUT2D eigenvalue weighted by atomic mass is 10.1. The number of amides is 2. The summed E-state index contributed by atoms with van der Waals surface area (Å²) >= 11 is 0. The van der Waals surface area contributed by atoms with Gasteiger partial charge >= 0.3 is 12.2 Å². The molecule has 0 heterocycles. The molecule has 3 aromatic rings. The molecule has 0 aliphatic rings. The van der Waals surface area contributed by atoms with Crippen LogP contribution in [-0.2, 0) is 6.42 Å². The lowest BCUT2D eigenvalue weighted by molar-refractivity contribution is 0.132. The highest BCUT2D eigenvalue weighted by molar-refractivity contribution is 5.89. The fourth-order valence-corrected chi connectivity index (χ4v) is 2.43. The maximum Gasteiger partial charge on any atom is 0.424 e.